The monoisotopic (exact) mass is 1450 g/mol. The van der Waals surface area contributed by atoms with Crippen molar-refractivity contribution in [1.29, 1.82) is 0 Å². The minimum atomic E-state index is -3.01. The molecule has 16 rings (SSSR count). The van der Waals surface area contributed by atoms with Crippen molar-refractivity contribution in [3.05, 3.63) is 237 Å². The van der Waals surface area contributed by atoms with E-state index in [0.717, 1.165) is 108 Å². The average Bonchev–Trinajstić information content (AvgIpc) is 1.20. The standard InChI is InChI=1S/3C24H27N2O.C23H25N2O/c2*1-14(2)11-18-12-21(26(6)13-16(18)4)22-15(3)7-9-19-20-10-8-17(5)25-24(20)27-23(19)22;1-15-9-10-18-19-8-7-11-25-23(19)27-22(18)21(15)20-12-17(13-24(3,4)5)16(2)14-26(20)6;1-14(2)11-17-12-20(25(5)13-16(17)4)21-15(3)8-9-18-19-7-6-10-24-23(19)26-22(18)21/h2*7-10,12-14H,11H2,1-6H3;7-12,14H,13H2,1-6H3;6-10,12-14H,11H2,1-5H3/q4*+1/i1D3,4D3,11D2,14D;4D3,11D2;;1D3,4D3,11D2,14D. The predicted octanol–water partition coefficient (Wildman–Crippen LogP) is 22.2. The molecule has 4 aromatic carbocycles. The van der Waals surface area contributed by atoms with Crippen LogP contribution in [0, 0.1) is 92.1 Å². The van der Waals surface area contributed by atoms with Gasteiger partial charge < -0.3 is 17.7 Å². The van der Waals surface area contributed by atoms with Crippen molar-refractivity contribution in [2.75, 3.05) is 0 Å². The minimum Gasteiger partial charge on any atom is -0.437 e. The number of rotatable bonds is 11. The quantitative estimate of drug-likeness (QED) is 0.117. The van der Waals surface area contributed by atoms with Crippen LogP contribution in [0.15, 0.2) is 176 Å². The van der Waals surface area contributed by atoms with Gasteiger partial charge in [-0.25, -0.2) is 38.2 Å². The second-order valence-corrected chi connectivity index (χ2v) is 29.6. The Morgan fingerprint density at radius 1 is 0.383 bits per heavy atom. The fourth-order valence-electron chi connectivity index (χ4n) is 14.2. The largest absolute Gasteiger partial charge is 0.437 e. The topological polar surface area (TPSA) is 120 Å². The van der Waals surface area contributed by atoms with Crippen LogP contribution in [0.25, 0.3) is 133 Å². The summed E-state index contributed by atoms with van der Waals surface area (Å²) in [5.74, 6) is -5.65. The molecule has 2 atom stereocenters. The van der Waals surface area contributed by atoms with E-state index < -0.39 is 71.1 Å². The van der Waals surface area contributed by atoms with Crippen LogP contribution in [-0.4, -0.2) is 19.9 Å². The number of nitrogens with zero attached hydrogens (tertiary/aromatic N) is 8. The van der Waals surface area contributed by atoms with E-state index in [1.54, 1.807) is 73.2 Å². The van der Waals surface area contributed by atoms with Crippen molar-refractivity contribution in [3.63, 3.8) is 0 Å². The molecule has 0 radical (unpaired) electrons. The maximum absolute atomic E-state index is 8.73. The van der Waals surface area contributed by atoms with Crippen molar-refractivity contribution < 1.29 is 67.5 Å². The molecule has 0 bridgehead atoms. The van der Waals surface area contributed by atoms with E-state index in [4.69, 9.17) is 49.2 Å². The van der Waals surface area contributed by atoms with Gasteiger partial charge in [-0.3, -0.25) is 0 Å². The van der Waals surface area contributed by atoms with E-state index in [-0.39, 0.29) is 38.8 Å². The molecule has 12 nitrogen and oxygen atoms in total. The van der Waals surface area contributed by atoms with Gasteiger partial charge in [0.1, 0.15) is 28.2 Å². The van der Waals surface area contributed by atoms with Crippen molar-refractivity contribution in [2.24, 2.45) is 51.3 Å². The first-order valence-corrected chi connectivity index (χ1v) is 35.7. The molecule has 0 amide bonds. The minimum absolute atomic E-state index is 0.0224. The third-order valence-electron chi connectivity index (χ3n) is 19.2. The summed E-state index contributed by atoms with van der Waals surface area (Å²) in [6, 6.07) is 38.0. The van der Waals surface area contributed by atoms with Gasteiger partial charge in [-0.2, -0.15) is 0 Å². The average molecular weight is 1450 g/mol. The van der Waals surface area contributed by atoms with E-state index >= 15 is 0 Å². The van der Waals surface area contributed by atoms with Crippen molar-refractivity contribution >= 4 is 88.3 Å². The van der Waals surface area contributed by atoms with Gasteiger partial charge in [0.2, 0.25) is 45.6 Å². The number of hydrogen-bond acceptors (Lipinski definition) is 8. The molecule has 0 spiro atoms. The van der Waals surface area contributed by atoms with Crippen molar-refractivity contribution in [1.82, 2.24) is 19.9 Å². The number of aryl methyl sites for hydroxylation is 14. The molecule has 107 heavy (non-hydrogen) atoms. The zero-order chi connectivity index (χ0) is 96.1. The van der Waals surface area contributed by atoms with E-state index in [1.807, 2.05) is 107 Å². The van der Waals surface area contributed by atoms with Crippen LogP contribution in [-0.2, 0) is 53.7 Å². The molecule has 12 heterocycles. The van der Waals surface area contributed by atoms with Crippen LogP contribution < -0.4 is 18.3 Å². The first-order valence-electron chi connectivity index (χ1n) is 47.2. The Balaban J connectivity index is 0.000000148. The number of furan rings is 4. The van der Waals surface area contributed by atoms with Gasteiger partial charge in [-0.1, -0.05) is 111 Å². The summed E-state index contributed by atoms with van der Waals surface area (Å²) in [5, 5.41) is 7.18. The number of pyridine rings is 8. The van der Waals surface area contributed by atoms with Gasteiger partial charge in [-0.05, 0) is 211 Å². The Morgan fingerprint density at radius 3 is 1.02 bits per heavy atom. The fourth-order valence-corrected chi connectivity index (χ4v) is 14.2. The first kappa shape index (κ1) is 50.7. The van der Waals surface area contributed by atoms with Crippen LogP contribution in [0.2, 0.25) is 0 Å². The molecule has 2 unspecified atom stereocenters. The second-order valence-electron chi connectivity index (χ2n) is 29.6. The highest BCUT2D eigenvalue weighted by molar-refractivity contribution is 6.12. The number of aromatic nitrogens is 8. The molecule has 0 aliphatic heterocycles. The summed E-state index contributed by atoms with van der Waals surface area (Å²) in [5.41, 5.74) is 17.6. The predicted molar refractivity (Wildman–Crippen MR) is 439 cm³/mol. The molecular formula is C95H106N8O4+4. The molecule has 12 heteroatoms. The summed E-state index contributed by atoms with van der Waals surface area (Å²) in [4.78, 5) is 17.7. The van der Waals surface area contributed by atoms with Crippen LogP contribution in [0.1, 0.15) is 172 Å². The molecule has 0 N–H and O–H groups in total. The Labute approximate surface area is 663 Å². The maximum atomic E-state index is 8.73. The Kier molecular flexibility index (Phi) is 14.2. The smallest absolute Gasteiger partial charge is 0.227 e. The Bertz CT molecular complexity index is 7160. The number of hydrogen-bond donors (Lipinski definition) is 0. The molecule has 0 aliphatic rings. The first-order chi connectivity index (χ1) is 59.9. The molecular weight excluding hydrogens is 1320 g/mol. The Morgan fingerprint density at radius 2 is 0.692 bits per heavy atom. The molecule has 0 fully saturated rings. The molecule has 0 saturated heterocycles. The number of benzene rings is 4. The van der Waals surface area contributed by atoms with Crippen molar-refractivity contribution in [3.8, 4) is 45.0 Å². The lowest BCUT2D eigenvalue weighted by Gasteiger charge is -2.19. The zero-order valence-corrected chi connectivity index (χ0v) is 64.0. The van der Waals surface area contributed by atoms with Gasteiger partial charge >= 0.3 is 0 Å². The molecule has 16 aromatic rings. The summed E-state index contributed by atoms with van der Waals surface area (Å²) in [6.07, 6.45) is 3.28. The van der Waals surface area contributed by atoms with E-state index in [1.165, 1.54) is 53.1 Å². The van der Waals surface area contributed by atoms with Crippen LogP contribution in [0.5, 0.6) is 0 Å². The highest BCUT2D eigenvalue weighted by Crippen LogP contribution is 2.42. The summed E-state index contributed by atoms with van der Waals surface area (Å²) in [7, 11) is 7.16. The molecule has 0 saturated carbocycles. The molecule has 0 aliphatic carbocycles. The van der Waals surface area contributed by atoms with E-state index in [2.05, 4.69) is 96.6 Å². The lowest BCUT2D eigenvalue weighted by Crippen LogP contribution is -2.32. The second kappa shape index (κ2) is 29.9. The van der Waals surface area contributed by atoms with Crippen LogP contribution in [0.4, 0.5) is 0 Å². The summed E-state index contributed by atoms with van der Waals surface area (Å²) >= 11 is 0. The van der Waals surface area contributed by atoms with Crippen LogP contribution in [0.3, 0.4) is 0 Å². The SMILES string of the molecule is Cc1c[n+](C)c(-c2c(C)ccc3c2oc2ncccc23)cc1CC(C)(C)C.[2H]C([2H])([2H])c1c[n+](C)c(-c2c(C)ccc3c2oc2nc(C)ccc23)cc1C([2H])([2H])C(C)C.[2H]C([2H])([2H])c1c[n+](C)c(-c2c(C)ccc3c2oc2nc(C)ccc23)cc1C([2H])([2H])C([2H])(C)C([2H])([2H])[2H].[2H]C([2H])([2H])c1c[n+](C)c(-c2c(C)ccc3c2oc2ncccc23)cc1C([2H])([2H])C([2H])(C)C([2H])([2H])[2H]. The number of fused-ring (bicyclic) bond motifs is 12. The summed E-state index contributed by atoms with van der Waals surface area (Å²) in [6.45, 7) is 12.1. The summed E-state index contributed by atoms with van der Waals surface area (Å²) < 4.78 is 220. The van der Waals surface area contributed by atoms with Gasteiger partial charge in [0.05, 0.1) is 22.3 Å². The zero-order valence-electron chi connectivity index (χ0n) is 87.0. The van der Waals surface area contributed by atoms with Gasteiger partial charge in [0.15, 0.2) is 47.1 Å². The fraction of sp³-hybridized carbons (Fsp3) is 0.326. The Hall–Kier alpha value is -10.7. The molecule has 546 valence electrons. The van der Waals surface area contributed by atoms with E-state index in [9.17, 15) is 0 Å². The highest BCUT2D eigenvalue weighted by atomic mass is 16.4. The van der Waals surface area contributed by atoms with Crippen LogP contribution >= 0.6 is 0 Å². The van der Waals surface area contributed by atoms with Gasteiger partial charge in [0.25, 0.3) is 0 Å². The normalized spacial score (nSPS) is 17.2. The third-order valence-corrected chi connectivity index (χ3v) is 19.2. The van der Waals surface area contributed by atoms with Crippen molar-refractivity contribution in [2.45, 2.75) is 157 Å². The van der Waals surface area contributed by atoms with E-state index in [0.29, 0.717) is 67.8 Å². The van der Waals surface area contributed by atoms with Gasteiger partial charge in [-0.15, -0.1) is 0 Å². The van der Waals surface area contributed by atoms with Gasteiger partial charge in [0, 0.05) is 145 Å². The lowest BCUT2D eigenvalue weighted by molar-refractivity contribution is -0.660. The lowest BCUT2D eigenvalue weighted by atomic mass is 9.86. The molecule has 12 aromatic heterocycles. The maximum Gasteiger partial charge on any atom is 0.227 e. The highest BCUT2D eigenvalue weighted by Gasteiger charge is 2.29. The third kappa shape index (κ3) is 15.1.